The van der Waals surface area contributed by atoms with Gasteiger partial charge in [0.2, 0.25) is 0 Å². The molecule has 1 heterocycles. The van der Waals surface area contributed by atoms with Crippen LogP contribution in [0.15, 0.2) is 53.7 Å². The van der Waals surface area contributed by atoms with E-state index in [1.165, 1.54) is 24.2 Å². The van der Waals surface area contributed by atoms with Gasteiger partial charge < -0.3 is 10.4 Å². The van der Waals surface area contributed by atoms with E-state index in [9.17, 15) is 13.5 Å². The molecule has 0 spiro atoms. The van der Waals surface area contributed by atoms with Gasteiger partial charge in [0.05, 0.1) is 23.1 Å². The van der Waals surface area contributed by atoms with Crippen molar-refractivity contribution >= 4 is 26.6 Å². The summed E-state index contributed by atoms with van der Waals surface area (Å²) in [5.41, 5.74) is 2.91. The molecule has 0 fully saturated rings. The number of aryl methyl sites for hydroxylation is 1. The first-order valence-corrected chi connectivity index (χ1v) is 10.1. The zero-order valence-corrected chi connectivity index (χ0v) is 15.5. The topological polar surface area (TPSA) is 92.2 Å². The number of benzene rings is 2. The summed E-state index contributed by atoms with van der Waals surface area (Å²) >= 11 is 0. The third-order valence-electron chi connectivity index (χ3n) is 4.20. The lowest BCUT2D eigenvalue weighted by Gasteiger charge is -2.18. The second-order valence-corrected chi connectivity index (χ2v) is 8.40. The summed E-state index contributed by atoms with van der Waals surface area (Å²) in [6, 6.07) is 12.6. The van der Waals surface area contributed by atoms with Gasteiger partial charge in [0.1, 0.15) is 12.1 Å². The Hall–Kier alpha value is -2.51. The average molecular weight is 371 g/mol. The second kappa shape index (κ2) is 7.39. The SMILES string of the molecule is Cc1ccc(C[C@H](CO)Nc2ncnc3ccc(S(C)(=O)=O)cc23)cc1. The number of nitrogens with zero attached hydrogens (tertiary/aromatic N) is 2. The number of anilines is 1. The highest BCUT2D eigenvalue weighted by Gasteiger charge is 2.14. The molecule has 0 saturated heterocycles. The second-order valence-electron chi connectivity index (χ2n) is 6.39. The molecule has 26 heavy (non-hydrogen) atoms. The van der Waals surface area contributed by atoms with Crippen LogP contribution in [0.5, 0.6) is 0 Å². The first-order valence-electron chi connectivity index (χ1n) is 8.24. The molecule has 2 N–H and O–H groups in total. The third kappa shape index (κ3) is 4.17. The molecular weight excluding hydrogens is 350 g/mol. The van der Waals surface area contributed by atoms with Crippen LogP contribution >= 0.6 is 0 Å². The molecule has 2 aromatic carbocycles. The summed E-state index contributed by atoms with van der Waals surface area (Å²) in [6.45, 7) is 1.95. The number of aliphatic hydroxyl groups is 1. The van der Waals surface area contributed by atoms with Crippen molar-refractivity contribution in [2.45, 2.75) is 24.3 Å². The van der Waals surface area contributed by atoms with Gasteiger partial charge in [-0.05, 0) is 37.1 Å². The monoisotopic (exact) mass is 371 g/mol. The smallest absolute Gasteiger partial charge is 0.175 e. The van der Waals surface area contributed by atoms with Crippen molar-refractivity contribution in [3.05, 3.63) is 59.9 Å². The van der Waals surface area contributed by atoms with Gasteiger partial charge in [-0.1, -0.05) is 29.8 Å². The van der Waals surface area contributed by atoms with Crippen LogP contribution in [0, 0.1) is 6.92 Å². The Morgan fingerprint density at radius 2 is 1.85 bits per heavy atom. The fourth-order valence-corrected chi connectivity index (χ4v) is 3.39. The van der Waals surface area contributed by atoms with E-state index >= 15 is 0 Å². The van der Waals surface area contributed by atoms with Gasteiger partial charge in [0.15, 0.2) is 9.84 Å². The Balaban J connectivity index is 1.91. The van der Waals surface area contributed by atoms with E-state index in [0.717, 1.165) is 5.56 Å². The Morgan fingerprint density at radius 3 is 2.50 bits per heavy atom. The lowest BCUT2D eigenvalue weighted by molar-refractivity contribution is 0.273. The normalized spacial score (nSPS) is 12.9. The van der Waals surface area contributed by atoms with Crippen molar-refractivity contribution < 1.29 is 13.5 Å². The number of nitrogens with one attached hydrogen (secondary N) is 1. The van der Waals surface area contributed by atoms with E-state index in [4.69, 9.17) is 0 Å². The Kier molecular flexibility index (Phi) is 5.20. The molecule has 0 aliphatic rings. The minimum Gasteiger partial charge on any atom is -0.394 e. The van der Waals surface area contributed by atoms with E-state index in [2.05, 4.69) is 15.3 Å². The van der Waals surface area contributed by atoms with Crippen molar-refractivity contribution in [2.24, 2.45) is 0 Å². The maximum absolute atomic E-state index is 11.8. The number of sulfone groups is 1. The number of aliphatic hydroxyl groups excluding tert-OH is 1. The minimum atomic E-state index is -3.33. The molecular formula is C19H21N3O3S. The zero-order valence-electron chi connectivity index (χ0n) is 14.7. The van der Waals surface area contributed by atoms with Crippen LogP contribution in [-0.2, 0) is 16.3 Å². The van der Waals surface area contributed by atoms with Crippen LogP contribution in [0.3, 0.4) is 0 Å². The summed E-state index contributed by atoms with van der Waals surface area (Å²) < 4.78 is 23.7. The fourth-order valence-electron chi connectivity index (χ4n) is 2.74. The number of fused-ring (bicyclic) bond motifs is 1. The highest BCUT2D eigenvalue weighted by molar-refractivity contribution is 7.90. The molecule has 0 saturated carbocycles. The first kappa shape index (κ1) is 18.3. The third-order valence-corrected chi connectivity index (χ3v) is 5.31. The largest absolute Gasteiger partial charge is 0.394 e. The highest BCUT2D eigenvalue weighted by Crippen LogP contribution is 2.24. The molecule has 0 radical (unpaired) electrons. The van der Waals surface area contributed by atoms with Crippen molar-refractivity contribution in [1.29, 1.82) is 0 Å². The number of hydrogen-bond donors (Lipinski definition) is 2. The number of hydrogen-bond acceptors (Lipinski definition) is 6. The van der Waals surface area contributed by atoms with Crippen LogP contribution in [0.1, 0.15) is 11.1 Å². The van der Waals surface area contributed by atoms with Crippen molar-refractivity contribution in [2.75, 3.05) is 18.2 Å². The van der Waals surface area contributed by atoms with Gasteiger partial charge in [-0.25, -0.2) is 18.4 Å². The molecule has 7 heteroatoms. The molecule has 1 atom stereocenters. The van der Waals surface area contributed by atoms with Crippen LogP contribution in [-0.4, -0.2) is 42.4 Å². The summed E-state index contributed by atoms with van der Waals surface area (Å²) in [6.07, 6.45) is 3.21. The lowest BCUT2D eigenvalue weighted by atomic mass is 10.0. The highest BCUT2D eigenvalue weighted by atomic mass is 32.2. The van der Waals surface area contributed by atoms with Crippen LogP contribution in [0.25, 0.3) is 10.9 Å². The van der Waals surface area contributed by atoms with Gasteiger partial charge in [0, 0.05) is 11.6 Å². The van der Waals surface area contributed by atoms with Gasteiger partial charge >= 0.3 is 0 Å². The van der Waals surface area contributed by atoms with Crippen LogP contribution < -0.4 is 5.32 Å². The van der Waals surface area contributed by atoms with Crippen molar-refractivity contribution in [3.8, 4) is 0 Å². The maximum atomic E-state index is 11.8. The number of aromatic nitrogens is 2. The molecule has 136 valence electrons. The predicted octanol–water partition coefficient (Wildman–Crippen LogP) is 2.36. The molecule has 0 aliphatic heterocycles. The van der Waals surface area contributed by atoms with Crippen LogP contribution in [0.2, 0.25) is 0 Å². The van der Waals surface area contributed by atoms with Gasteiger partial charge in [-0.15, -0.1) is 0 Å². The lowest BCUT2D eigenvalue weighted by Crippen LogP contribution is -2.27. The molecule has 6 nitrogen and oxygen atoms in total. The minimum absolute atomic E-state index is 0.0782. The van der Waals surface area contributed by atoms with E-state index < -0.39 is 9.84 Å². The Bertz CT molecular complexity index is 1020. The molecule has 0 bridgehead atoms. The molecule has 0 aliphatic carbocycles. The fraction of sp³-hybridized carbons (Fsp3) is 0.263. The average Bonchev–Trinajstić information content (AvgIpc) is 2.62. The van der Waals surface area contributed by atoms with Crippen molar-refractivity contribution in [1.82, 2.24) is 9.97 Å². The summed E-state index contributed by atoms with van der Waals surface area (Å²) in [5.74, 6) is 0.506. The number of rotatable bonds is 6. The van der Waals surface area contributed by atoms with E-state index in [0.29, 0.717) is 23.1 Å². The standard InChI is InChI=1S/C19H21N3O3S/c1-13-3-5-14(6-4-13)9-15(11-23)22-19-17-10-16(26(2,24)25)7-8-18(17)20-12-21-19/h3-8,10,12,15,23H,9,11H2,1-2H3,(H,20,21,22)/t15-/m1/s1. The van der Waals surface area contributed by atoms with Gasteiger partial charge in [0.25, 0.3) is 0 Å². The van der Waals surface area contributed by atoms with E-state index in [1.54, 1.807) is 12.1 Å². The summed E-state index contributed by atoms with van der Waals surface area (Å²) in [4.78, 5) is 8.64. The quantitative estimate of drug-likeness (QED) is 0.691. The van der Waals surface area contributed by atoms with Crippen LogP contribution in [0.4, 0.5) is 5.82 Å². The first-order chi connectivity index (χ1) is 12.4. The Labute approximate surface area is 152 Å². The van der Waals surface area contributed by atoms with Gasteiger partial charge in [-0.3, -0.25) is 0 Å². The summed E-state index contributed by atoms with van der Waals surface area (Å²) in [5, 5.41) is 13.6. The van der Waals surface area contributed by atoms with Gasteiger partial charge in [-0.2, -0.15) is 0 Å². The predicted molar refractivity (Wildman–Crippen MR) is 102 cm³/mol. The van der Waals surface area contributed by atoms with E-state index in [-0.39, 0.29) is 17.5 Å². The molecule has 3 rings (SSSR count). The van der Waals surface area contributed by atoms with Crippen molar-refractivity contribution in [3.63, 3.8) is 0 Å². The zero-order chi connectivity index (χ0) is 18.7. The molecule has 0 amide bonds. The molecule has 3 aromatic rings. The van der Waals surface area contributed by atoms with E-state index in [1.807, 2.05) is 31.2 Å². The molecule has 1 aromatic heterocycles. The molecule has 0 unspecified atom stereocenters. The summed E-state index contributed by atoms with van der Waals surface area (Å²) in [7, 11) is -3.33. The Morgan fingerprint density at radius 1 is 1.12 bits per heavy atom. The maximum Gasteiger partial charge on any atom is 0.175 e.